The fourth-order valence-electron chi connectivity index (χ4n) is 4.69. The van der Waals surface area contributed by atoms with E-state index in [0.29, 0.717) is 0 Å². The van der Waals surface area contributed by atoms with E-state index in [1.165, 1.54) is 28.1 Å². The Morgan fingerprint density at radius 1 is 0.733 bits per heavy atom. The van der Waals surface area contributed by atoms with Crippen LogP contribution in [0.5, 0.6) is 0 Å². The summed E-state index contributed by atoms with van der Waals surface area (Å²) in [4.78, 5) is 9.74. The topological polar surface area (TPSA) is 36.8 Å². The predicted molar refractivity (Wildman–Crippen MR) is 126 cm³/mol. The first-order valence-electron chi connectivity index (χ1n) is 11.0. The van der Waals surface area contributed by atoms with Gasteiger partial charge in [0.1, 0.15) is 6.07 Å². The number of aryl methyl sites for hydroxylation is 2. The summed E-state index contributed by atoms with van der Waals surface area (Å²) in [6, 6.07) is 13.4. The van der Waals surface area contributed by atoms with Crippen molar-refractivity contribution in [1.82, 2.24) is 4.90 Å². The lowest BCUT2D eigenvalue weighted by molar-refractivity contribution is 0.312. The molecule has 158 valence electrons. The molecule has 0 atom stereocenters. The molecule has 2 saturated heterocycles. The highest BCUT2D eigenvalue weighted by Gasteiger charge is 2.24. The minimum atomic E-state index is 0.796. The van der Waals surface area contributed by atoms with Gasteiger partial charge in [-0.1, -0.05) is 6.07 Å². The summed E-state index contributed by atoms with van der Waals surface area (Å²) >= 11 is 0. The van der Waals surface area contributed by atoms with Gasteiger partial charge >= 0.3 is 0 Å². The molecule has 2 aliphatic rings. The van der Waals surface area contributed by atoms with Gasteiger partial charge in [0.2, 0.25) is 0 Å². The molecule has 2 fully saturated rings. The zero-order valence-electron chi connectivity index (χ0n) is 18.8. The maximum absolute atomic E-state index is 9.79. The number of rotatable bonds is 3. The molecule has 0 aliphatic carbocycles. The normalized spacial score (nSPS) is 17.9. The van der Waals surface area contributed by atoms with E-state index in [9.17, 15) is 5.26 Å². The van der Waals surface area contributed by atoms with Crippen molar-refractivity contribution >= 4 is 17.1 Å². The number of hydrogen-bond acceptors (Lipinski definition) is 5. The predicted octanol–water partition coefficient (Wildman–Crippen LogP) is 3.56. The van der Waals surface area contributed by atoms with E-state index in [4.69, 9.17) is 0 Å². The smallest absolute Gasteiger partial charge is 0.101 e. The Morgan fingerprint density at radius 3 is 2.00 bits per heavy atom. The summed E-state index contributed by atoms with van der Waals surface area (Å²) in [6.07, 6.45) is 0. The molecule has 30 heavy (non-hydrogen) atoms. The molecule has 4 rings (SSSR count). The molecule has 0 unspecified atom stereocenters. The van der Waals surface area contributed by atoms with E-state index < -0.39 is 0 Å². The summed E-state index contributed by atoms with van der Waals surface area (Å²) in [6.45, 7) is 14.6. The van der Waals surface area contributed by atoms with E-state index >= 15 is 0 Å². The van der Waals surface area contributed by atoms with E-state index in [1.54, 1.807) is 0 Å². The third-order valence-corrected chi connectivity index (χ3v) is 6.82. The van der Waals surface area contributed by atoms with Crippen LogP contribution in [0.15, 0.2) is 30.3 Å². The number of benzene rings is 2. The number of piperazine rings is 2. The van der Waals surface area contributed by atoms with Gasteiger partial charge in [0.05, 0.1) is 11.3 Å². The summed E-state index contributed by atoms with van der Waals surface area (Å²) in [5.41, 5.74) is 8.46. The van der Waals surface area contributed by atoms with Crippen LogP contribution in [0.25, 0.3) is 0 Å². The molecule has 2 aromatic rings. The van der Waals surface area contributed by atoms with Gasteiger partial charge in [-0.25, -0.2) is 0 Å². The molecular weight excluding hydrogens is 370 g/mol. The summed E-state index contributed by atoms with van der Waals surface area (Å²) < 4.78 is 0. The number of hydrogen-bond donors (Lipinski definition) is 0. The van der Waals surface area contributed by atoms with Crippen LogP contribution in [0.3, 0.4) is 0 Å². The molecule has 5 nitrogen and oxygen atoms in total. The Kier molecular flexibility index (Phi) is 5.87. The average molecular weight is 404 g/mol. The van der Waals surface area contributed by atoms with Gasteiger partial charge in [-0.3, -0.25) is 0 Å². The third-order valence-electron chi connectivity index (χ3n) is 6.82. The SMILES string of the molecule is Cc1ccc(N2CCN(c3c(C#N)ccc(N4CCN(C)CC4)c3C)CC2)cc1C. The van der Waals surface area contributed by atoms with Crippen molar-refractivity contribution in [3.05, 3.63) is 52.6 Å². The van der Waals surface area contributed by atoms with Crippen LogP contribution in [0.4, 0.5) is 17.1 Å². The molecule has 2 aromatic carbocycles. The number of nitrogens with zero attached hydrogens (tertiary/aromatic N) is 5. The van der Waals surface area contributed by atoms with Crippen LogP contribution in [0, 0.1) is 32.1 Å². The largest absolute Gasteiger partial charge is 0.369 e. The third kappa shape index (κ3) is 3.97. The van der Waals surface area contributed by atoms with Gasteiger partial charge in [0, 0.05) is 63.7 Å². The molecule has 0 N–H and O–H groups in total. The standard InChI is InChI=1S/C25H33N5/c1-19-5-7-23(17-20(19)2)28-13-15-30(16-14-28)25-21(3)24(8-6-22(25)18-26)29-11-9-27(4)10-12-29/h5-8,17H,9-16H2,1-4H3. The zero-order chi connectivity index (χ0) is 21.3. The van der Waals surface area contributed by atoms with Gasteiger partial charge in [0.15, 0.2) is 0 Å². The Hall–Kier alpha value is -2.71. The second-order valence-electron chi connectivity index (χ2n) is 8.75. The highest BCUT2D eigenvalue weighted by Crippen LogP contribution is 2.34. The molecule has 2 heterocycles. The number of nitriles is 1. The fraction of sp³-hybridized carbons (Fsp3) is 0.480. The Labute approximate surface area is 181 Å². The van der Waals surface area contributed by atoms with Gasteiger partial charge in [0.25, 0.3) is 0 Å². The summed E-state index contributed by atoms with van der Waals surface area (Å²) in [5.74, 6) is 0. The fourth-order valence-corrected chi connectivity index (χ4v) is 4.69. The monoisotopic (exact) mass is 403 g/mol. The Balaban J connectivity index is 1.54. The Morgan fingerprint density at radius 2 is 1.37 bits per heavy atom. The van der Waals surface area contributed by atoms with E-state index in [1.807, 2.05) is 6.07 Å². The quantitative estimate of drug-likeness (QED) is 0.783. The van der Waals surface area contributed by atoms with Crippen molar-refractivity contribution in [2.24, 2.45) is 0 Å². The number of anilines is 3. The second kappa shape index (κ2) is 8.57. The number of likely N-dealkylation sites (N-methyl/N-ethyl adjacent to an activating group) is 1. The van der Waals surface area contributed by atoms with Crippen molar-refractivity contribution in [2.75, 3.05) is 74.1 Å². The molecule has 0 radical (unpaired) electrons. The van der Waals surface area contributed by atoms with Crippen LogP contribution >= 0.6 is 0 Å². The first kappa shape index (κ1) is 20.6. The minimum absolute atomic E-state index is 0.796. The first-order valence-corrected chi connectivity index (χ1v) is 11.0. The first-order chi connectivity index (χ1) is 14.5. The molecule has 0 saturated carbocycles. The Bertz CT molecular complexity index is 945. The van der Waals surface area contributed by atoms with Crippen LogP contribution < -0.4 is 14.7 Å². The van der Waals surface area contributed by atoms with Gasteiger partial charge in [-0.05, 0) is 68.8 Å². The van der Waals surface area contributed by atoms with E-state index in [2.05, 4.69) is 77.8 Å². The molecule has 2 aliphatic heterocycles. The zero-order valence-corrected chi connectivity index (χ0v) is 18.8. The molecular formula is C25H33N5. The lowest BCUT2D eigenvalue weighted by Gasteiger charge is -2.40. The van der Waals surface area contributed by atoms with Crippen LogP contribution in [-0.2, 0) is 0 Å². The van der Waals surface area contributed by atoms with Crippen molar-refractivity contribution in [3.8, 4) is 6.07 Å². The summed E-state index contributed by atoms with van der Waals surface area (Å²) in [5, 5.41) is 9.79. The van der Waals surface area contributed by atoms with E-state index in [0.717, 1.165) is 63.6 Å². The van der Waals surface area contributed by atoms with Gasteiger partial charge in [-0.2, -0.15) is 5.26 Å². The van der Waals surface area contributed by atoms with E-state index in [-0.39, 0.29) is 0 Å². The maximum Gasteiger partial charge on any atom is 0.101 e. The van der Waals surface area contributed by atoms with Crippen LogP contribution in [-0.4, -0.2) is 64.3 Å². The van der Waals surface area contributed by atoms with Gasteiger partial charge in [-0.15, -0.1) is 0 Å². The van der Waals surface area contributed by atoms with Gasteiger partial charge < -0.3 is 19.6 Å². The van der Waals surface area contributed by atoms with Crippen molar-refractivity contribution in [1.29, 1.82) is 5.26 Å². The van der Waals surface area contributed by atoms with Crippen molar-refractivity contribution in [2.45, 2.75) is 20.8 Å². The maximum atomic E-state index is 9.79. The molecule has 0 bridgehead atoms. The lowest BCUT2D eigenvalue weighted by Crippen LogP contribution is -2.47. The summed E-state index contributed by atoms with van der Waals surface area (Å²) in [7, 11) is 2.18. The van der Waals surface area contributed by atoms with Crippen molar-refractivity contribution < 1.29 is 0 Å². The molecule has 5 heteroatoms. The molecule has 0 amide bonds. The van der Waals surface area contributed by atoms with Crippen LogP contribution in [0.1, 0.15) is 22.3 Å². The molecule has 0 spiro atoms. The van der Waals surface area contributed by atoms with Crippen molar-refractivity contribution in [3.63, 3.8) is 0 Å². The minimum Gasteiger partial charge on any atom is -0.369 e. The highest BCUT2D eigenvalue weighted by atomic mass is 15.3. The highest BCUT2D eigenvalue weighted by molar-refractivity contribution is 5.74. The lowest BCUT2D eigenvalue weighted by atomic mass is 10.0. The second-order valence-corrected chi connectivity index (χ2v) is 8.75. The van der Waals surface area contributed by atoms with Crippen LogP contribution in [0.2, 0.25) is 0 Å². The average Bonchev–Trinajstić information content (AvgIpc) is 2.76. The molecule has 0 aromatic heterocycles.